The van der Waals surface area contributed by atoms with E-state index in [0.717, 1.165) is 12.8 Å². The molecule has 3 heteroatoms. The Morgan fingerprint density at radius 1 is 1.33 bits per heavy atom. The van der Waals surface area contributed by atoms with Crippen molar-refractivity contribution in [1.29, 1.82) is 0 Å². The van der Waals surface area contributed by atoms with Crippen molar-refractivity contribution in [3.63, 3.8) is 0 Å². The molecule has 2 fully saturated rings. The highest BCUT2D eigenvalue weighted by molar-refractivity contribution is 6.31. The Kier molecular flexibility index (Phi) is 1.89. The minimum atomic E-state index is -0.761. The molecule has 2 unspecified atom stereocenters. The zero-order chi connectivity index (χ0) is 10.6. The van der Waals surface area contributed by atoms with E-state index in [2.05, 4.69) is 0 Å². The molecule has 2 saturated carbocycles. The molecule has 80 valence electrons. The van der Waals surface area contributed by atoms with Gasteiger partial charge in [0, 0.05) is 10.6 Å². The Bertz CT molecular complexity index is 408. The lowest BCUT2D eigenvalue weighted by molar-refractivity contribution is 0.105. The zero-order valence-corrected chi connectivity index (χ0v) is 8.97. The van der Waals surface area contributed by atoms with Crippen LogP contribution in [0.2, 0.25) is 5.02 Å². The SMILES string of the molecule is OC1(c2ccc(F)cc2Cl)C2CCCC21. The van der Waals surface area contributed by atoms with Crippen LogP contribution in [-0.4, -0.2) is 5.11 Å². The first-order valence-corrected chi connectivity index (χ1v) is 5.69. The minimum absolute atomic E-state index is 0.348. The van der Waals surface area contributed by atoms with E-state index in [1.165, 1.54) is 18.6 Å². The summed E-state index contributed by atoms with van der Waals surface area (Å²) in [7, 11) is 0. The summed E-state index contributed by atoms with van der Waals surface area (Å²) in [6.07, 6.45) is 3.32. The first kappa shape index (κ1) is 9.61. The van der Waals surface area contributed by atoms with E-state index in [1.54, 1.807) is 6.07 Å². The summed E-state index contributed by atoms with van der Waals surface area (Å²) in [5.41, 5.74) is -0.0523. The number of rotatable bonds is 1. The van der Waals surface area contributed by atoms with Crippen LogP contribution in [0.5, 0.6) is 0 Å². The Morgan fingerprint density at radius 2 is 2.00 bits per heavy atom. The monoisotopic (exact) mass is 226 g/mol. The Labute approximate surface area is 92.9 Å². The van der Waals surface area contributed by atoms with Crippen LogP contribution in [0.3, 0.4) is 0 Å². The highest BCUT2D eigenvalue weighted by Gasteiger charge is 2.66. The fourth-order valence-corrected chi connectivity index (χ4v) is 3.45. The maximum atomic E-state index is 12.9. The molecule has 1 aromatic carbocycles. The largest absolute Gasteiger partial charge is 0.385 e. The summed E-state index contributed by atoms with van der Waals surface area (Å²) in [6, 6.07) is 4.27. The Morgan fingerprint density at radius 3 is 2.60 bits per heavy atom. The van der Waals surface area contributed by atoms with E-state index >= 15 is 0 Å². The second-order valence-corrected chi connectivity index (χ2v) is 5.00. The normalized spacial score (nSPS) is 37.8. The van der Waals surface area contributed by atoms with Crippen LogP contribution in [0.25, 0.3) is 0 Å². The molecule has 2 atom stereocenters. The van der Waals surface area contributed by atoms with Crippen molar-refractivity contribution in [2.45, 2.75) is 24.9 Å². The third kappa shape index (κ3) is 1.18. The summed E-state index contributed by atoms with van der Waals surface area (Å²) in [5, 5.41) is 10.8. The van der Waals surface area contributed by atoms with E-state index in [1.807, 2.05) is 0 Å². The molecule has 3 rings (SSSR count). The molecule has 1 aromatic rings. The molecule has 2 aliphatic carbocycles. The lowest BCUT2D eigenvalue weighted by atomic mass is 9.99. The Balaban J connectivity index is 2.00. The van der Waals surface area contributed by atoms with Gasteiger partial charge in [0.15, 0.2) is 0 Å². The van der Waals surface area contributed by atoms with Crippen molar-refractivity contribution in [1.82, 2.24) is 0 Å². The number of hydrogen-bond acceptors (Lipinski definition) is 1. The fraction of sp³-hybridized carbons (Fsp3) is 0.500. The van der Waals surface area contributed by atoms with Gasteiger partial charge in [-0.3, -0.25) is 0 Å². The van der Waals surface area contributed by atoms with Crippen LogP contribution in [0, 0.1) is 17.7 Å². The molecule has 0 spiro atoms. The molecule has 2 aliphatic rings. The van der Waals surface area contributed by atoms with Gasteiger partial charge in [0.1, 0.15) is 5.82 Å². The summed E-state index contributed by atoms with van der Waals surface area (Å²) >= 11 is 5.97. The fourth-order valence-electron chi connectivity index (χ4n) is 3.14. The smallest absolute Gasteiger partial charge is 0.124 e. The summed E-state index contributed by atoms with van der Waals surface area (Å²) in [6.45, 7) is 0. The van der Waals surface area contributed by atoms with Gasteiger partial charge < -0.3 is 5.11 Å². The lowest BCUT2D eigenvalue weighted by Gasteiger charge is -2.16. The summed E-state index contributed by atoms with van der Waals surface area (Å²) in [4.78, 5) is 0. The van der Waals surface area contributed by atoms with Crippen molar-refractivity contribution < 1.29 is 9.50 Å². The molecule has 15 heavy (non-hydrogen) atoms. The number of aliphatic hydroxyl groups is 1. The van der Waals surface area contributed by atoms with E-state index < -0.39 is 5.60 Å². The number of fused-ring (bicyclic) bond motifs is 1. The molecular formula is C12H12ClFO. The van der Waals surface area contributed by atoms with Crippen LogP contribution in [-0.2, 0) is 5.60 Å². The molecule has 1 nitrogen and oxygen atoms in total. The molecule has 0 bridgehead atoms. The average molecular weight is 227 g/mol. The van der Waals surface area contributed by atoms with Gasteiger partial charge in [-0.05, 0) is 36.8 Å². The predicted molar refractivity (Wildman–Crippen MR) is 56.1 cm³/mol. The third-order valence-electron chi connectivity index (χ3n) is 3.90. The van der Waals surface area contributed by atoms with Crippen LogP contribution >= 0.6 is 11.6 Å². The van der Waals surface area contributed by atoms with Gasteiger partial charge in [-0.1, -0.05) is 24.1 Å². The summed E-state index contributed by atoms with van der Waals surface area (Å²) in [5.74, 6) is 0.346. The van der Waals surface area contributed by atoms with Gasteiger partial charge >= 0.3 is 0 Å². The molecule has 0 amide bonds. The standard InChI is InChI=1S/C12H12ClFO/c13-11-6-7(14)4-5-10(11)12(15)8-2-1-3-9(8)12/h4-6,8-9,15H,1-3H2. The van der Waals surface area contributed by atoms with E-state index in [0.29, 0.717) is 22.4 Å². The molecule has 0 heterocycles. The second-order valence-electron chi connectivity index (χ2n) is 4.59. The topological polar surface area (TPSA) is 20.2 Å². The molecule has 1 N–H and O–H groups in total. The Hall–Kier alpha value is -0.600. The van der Waals surface area contributed by atoms with Crippen molar-refractivity contribution >= 4 is 11.6 Å². The minimum Gasteiger partial charge on any atom is -0.385 e. The maximum Gasteiger partial charge on any atom is 0.124 e. The lowest BCUT2D eigenvalue weighted by Crippen LogP contribution is -2.13. The number of halogens is 2. The van der Waals surface area contributed by atoms with E-state index in [4.69, 9.17) is 11.6 Å². The van der Waals surface area contributed by atoms with Gasteiger partial charge in [-0.15, -0.1) is 0 Å². The van der Waals surface area contributed by atoms with Crippen molar-refractivity contribution in [2.75, 3.05) is 0 Å². The van der Waals surface area contributed by atoms with Crippen molar-refractivity contribution in [2.24, 2.45) is 11.8 Å². The highest BCUT2D eigenvalue weighted by atomic mass is 35.5. The average Bonchev–Trinajstić information content (AvgIpc) is 2.63. The number of hydrogen-bond donors (Lipinski definition) is 1. The van der Waals surface area contributed by atoms with E-state index in [-0.39, 0.29) is 5.82 Å². The summed E-state index contributed by atoms with van der Waals surface area (Å²) < 4.78 is 12.9. The zero-order valence-electron chi connectivity index (χ0n) is 8.21. The van der Waals surface area contributed by atoms with Crippen molar-refractivity contribution in [3.05, 3.63) is 34.6 Å². The van der Waals surface area contributed by atoms with Crippen LogP contribution in [0.4, 0.5) is 4.39 Å². The van der Waals surface area contributed by atoms with Gasteiger partial charge in [0.2, 0.25) is 0 Å². The van der Waals surface area contributed by atoms with Crippen LogP contribution in [0.1, 0.15) is 24.8 Å². The molecule has 0 radical (unpaired) electrons. The van der Waals surface area contributed by atoms with E-state index in [9.17, 15) is 9.50 Å². The van der Waals surface area contributed by atoms with Gasteiger partial charge in [0.05, 0.1) is 5.60 Å². The first-order chi connectivity index (χ1) is 7.14. The van der Waals surface area contributed by atoms with Gasteiger partial charge in [-0.25, -0.2) is 4.39 Å². The van der Waals surface area contributed by atoms with Gasteiger partial charge in [0.25, 0.3) is 0 Å². The second kappa shape index (κ2) is 2.96. The molecule has 0 aliphatic heterocycles. The van der Waals surface area contributed by atoms with Crippen LogP contribution in [0.15, 0.2) is 18.2 Å². The molecular weight excluding hydrogens is 215 g/mol. The maximum absolute atomic E-state index is 12.9. The number of benzene rings is 1. The predicted octanol–water partition coefficient (Wildman–Crippen LogP) is 3.10. The third-order valence-corrected chi connectivity index (χ3v) is 4.21. The van der Waals surface area contributed by atoms with Crippen LogP contribution < -0.4 is 0 Å². The van der Waals surface area contributed by atoms with Crippen molar-refractivity contribution in [3.8, 4) is 0 Å². The quantitative estimate of drug-likeness (QED) is 0.780. The molecule has 0 aromatic heterocycles. The highest BCUT2D eigenvalue weighted by Crippen LogP contribution is 2.66. The van der Waals surface area contributed by atoms with Gasteiger partial charge in [-0.2, -0.15) is 0 Å². The molecule has 0 saturated heterocycles. The first-order valence-electron chi connectivity index (χ1n) is 5.32.